The fraction of sp³-hybridized carbons (Fsp3) is 0.0909. The van der Waals surface area contributed by atoms with E-state index in [1.165, 1.54) is 12.0 Å². The van der Waals surface area contributed by atoms with Crippen molar-refractivity contribution >= 4 is 12.2 Å². The largest absolute Gasteiger partial charge is 0.342 e. The van der Waals surface area contributed by atoms with Gasteiger partial charge in [-0.3, -0.25) is 0 Å². The minimum Gasteiger partial charge on any atom is -0.342 e. The van der Waals surface area contributed by atoms with Crippen molar-refractivity contribution < 1.29 is 4.52 Å². The van der Waals surface area contributed by atoms with Gasteiger partial charge in [0.25, 0.3) is 0 Å². The molecule has 0 radical (unpaired) electrons. The number of aromatic nitrogens is 2. The molecule has 0 aliphatic rings. The number of hydrogen-bond donors (Lipinski definition) is 0. The van der Waals surface area contributed by atoms with Crippen molar-refractivity contribution in [2.24, 2.45) is 0 Å². The van der Waals surface area contributed by atoms with E-state index < -0.39 is 0 Å². The fourth-order valence-corrected chi connectivity index (χ4v) is 1.10. The lowest BCUT2D eigenvalue weighted by atomic mass is 10.1. The van der Waals surface area contributed by atoms with Gasteiger partial charge in [0.05, 0.1) is 0 Å². The van der Waals surface area contributed by atoms with Gasteiger partial charge in [-0.25, -0.2) is 0 Å². The van der Waals surface area contributed by atoms with Crippen molar-refractivity contribution in [3.63, 3.8) is 0 Å². The van der Waals surface area contributed by atoms with E-state index in [0.29, 0.717) is 5.82 Å². The summed E-state index contributed by atoms with van der Waals surface area (Å²) in [6, 6.07) is 8.23. The first-order valence-electron chi connectivity index (χ1n) is 4.36. The van der Waals surface area contributed by atoms with E-state index in [9.17, 15) is 0 Å². The van der Waals surface area contributed by atoms with Gasteiger partial charge in [-0.15, -0.1) is 0 Å². The first kappa shape index (κ1) is 8.69. The second-order valence-corrected chi connectivity index (χ2v) is 3.03. The maximum absolute atomic E-state index is 4.61. The Bertz CT molecular complexity index is 415. The molecule has 2 aromatic rings. The number of hydrogen-bond acceptors (Lipinski definition) is 3. The van der Waals surface area contributed by atoms with Gasteiger partial charge < -0.3 is 4.52 Å². The van der Waals surface area contributed by atoms with E-state index >= 15 is 0 Å². The summed E-state index contributed by atoms with van der Waals surface area (Å²) < 4.78 is 4.61. The van der Waals surface area contributed by atoms with Crippen molar-refractivity contribution in [2.75, 3.05) is 0 Å². The number of nitrogens with zero attached hydrogens (tertiary/aromatic N) is 2. The van der Waals surface area contributed by atoms with E-state index in [-0.39, 0.29) is 0 Å². The molecular formula is C11H10N2O. The normalized spacial score (nSPS) is 10.9. The summed E-state index contributed by atoms with van der Waals surface area (Å²) in [4.78, 5) is 3.88. The van der Waals surface area contributed by atoms with Gasteiger partial charge >= 0.3 is 0 Å². The Morgan fingerprint density at radius 3 is 2.57 bits per heavy atom. The third-order valence-corrected chi connectivity index (χ3v) is 1.88. The summed E-state index contributed by atoms with van der Waals surface area (Å²) in [6.07, 6.45) is 5.08. The van der Waals surface area contributed by atoms with Crippen LogP contribution in [0.2, 0.25) is 0 Å². The average molecular weight is 186 g/mol. The Hall–Kier alpha value is -1.90. The van der Waals surface area contributed by atoms with Gasteiger partial charge in [0.15, 0.2) is 5.82 Å². The van der Waals surface area contributed by atoms with Crippen LogP contribution in [-0.4, -0.2) is 10.1 Å². The third kappa shape index (κ3) is 2.07. The highest BCUT2D eigenvalue weighted by Gasteiger charge is 1.91. The maximum atomic E-state index is 4.61. The monoisotopic (exact) mass is 186 g/mol. The van der Waals surface area contributed by atoms with E-state index in [2.05, 4.69) is 33.7 Å². The van der Waals surface area contributed by atoms with Crippen LogP contribution in [0.5, 0.6) is 0 Å². The highest BCUT2D eigenvalue weighted by Crippen LogP contribution is 2.06. The minimum absolute atomic E-state index is 0.588. The van der Waals surface area contributed by atoms with Crippen LogP contribution >= 0.6 is 0 Å². The molecule has 70 valence electrons. The first-order chi connectivity index (χ1) is 6.84. The topological polar surface area (TPSA) is 38.9 Å². The molecule has 1 heterocycles. The van der Waals surface area contributed by atoms with E-state index in [1.54, 1.807) is 0 Å². The van der Waals surface area contributed by atoms with Crippen molar-refractivity contribution in [1.82, 2.24) is 10.1 Å². The predicted octanol–water partition coefficient (Wildman–Crippen LogP) is 2.55. The summed E-state index contributed by atoms with van der Waals surface area (Å²) in [5, 5.41) is 3.68. The Morgan fingerprint density at radius 2 is 1.93 bits per heavy atom. The highest BCUT2D eigenvalue weighted by atomic mass is 16.5. The fourth-order valence-electron chi connectivity index (χ4n) is 1.10. The predicted molar refractivity (Wildman–Crippen MR) is 54.4 cm³/mol. The maximum Gasteiger partial charge on any atom is 0.214 e. The van der Waals surface area contributed by atoms with Gasteiger partial charge in [0.1, 0.15) is 0 Å². The summed E-state index contributed by atoms with van der Waals surface area (Å²) in [7, 11) is 0. The number of rotatable bonds is 2. The van der Waals surface area contributed by atoms with Crippen LogP contribution in [0.25, 0.3) is 12.2 Å². The first-order valence-corrected chi connectivity index (χ1v) is 4.36. The van der Waals surface area contributed by atoms with Crippen LogP contribution in [0.3, 0.4) is 0 Å². The van der Waals surface area contributed by atoms with Gasteiger partial charge in [-0.1, -0.05) is 41.1 Å². The second-order valence-electron chi connectivity index (χ2n) is 3.03. The number of benzene rings is 1. The molecule has 0 atom stereocenters. The zero-order valence-electron chi connectivity index (χ0n) is 7.84. The van der Waals surface area contributed by atoms with Crippen molar-refractivity contribution in [3.05, 3.63) is 47.6 Å². The lowest BCUT2D eigenvalue weighted by Crippen LogP contribution is -1.75. The molecule has 1 aromatic heterocycles. The third-order valence-electron chi connectivity index (χ3n) is 1.88. The molecule has 0 N–H and O–H groups in total. The Kier molecular flexibility index (Phi) is 2.40. The van der Waals surface area contributed by atoms with Crippen LogP contribution < -0.4 is 0 Å². The summed E-state index contributed by atoms with van der Waals surface area (Å²) in [5.74, 6) is 0.588. The Morgan fingerprint density at radius 1 is 1.14 bits per heavy atom. The van der Waals surface area contributed by atoms with Crippen LogP contribution in [-0.2, 0) is 0 Å². The molecule has 1 aromatic carbocycles. The summed E-state index contributed by atoms with van der Waals surface area (Å²) >= 11 is 0. The summed E-state index contributed by atoms with van der Waals surface area (Å²) in [5.41, 5.74) is 2.38. The molecule has 14 heavy (non-hydrogen) atoms. The van der Waals surface area contributed by atoms with E-state index in [0.717, 1.165) is 5.56 Å². The molecule has 3 nitrogen and oxygen atoms in total. The number of aryl methyl sites for hydroxylation is 1. The SMILES string of the molecule is Cc1ccc(/C=C/c2ncon2)cc1. The van der Waals surface area contributed by atoms with Gasteiger partial charge in [-0.2, -0.15) is 4.98 Å². The van der Waals surface area contributed by atoms with E-state index in [4.69, 9.17) is 0 Å². The Balaban J connectivity index is 2.15. The molecule has 0 saturated heterocycles. The Labute approximate surface area is 82.1 Å². The molecule has 2 rings (SSSR count). The molecule has 0 saturated carbocycles. The molecule has 0 aliphatic carbocycles. The summed E-state index contributed by atoms with van der Waals surface area (Å²) in [6.45, 7) is 2.06. The molecule has 3 heteroatoms. The smallest absolute Gasteiger partial charge is 0.214 e. The van der Waals surface area contributed by atoms with Crippen LogP contribution in [0.4, 0.5) is 0 Å². The zero-order valence-corrected chi connectivity index (χ0v) is 7.84. The molecular weight excluding hydrogens is 176 g/mol. The molecule has 0 unspecified atom stereocenters. The van der Waals surface area contributed by atoms with Crippen LogP contribution in [0, 0.1) is 6.92 Å². The molecule has 0 amide bonds. The average Bonchev–Trinajstić information content (AvgIpc) is 2.70. The van der Waals surface area contributed by atoms with Crippen LogP contribution in [0.1, 0.15) is 17.0 Å². The molecule has 0 fully saturated rings. The van der Waals surface area contributed by atoms with Gasteiger partial charge in [0.2, 0.25) is 6.39 Å². The quantitative estimate of drug-likeness (QED) is 0.723. The highest BCUT2D eigenvalue weighted by molar-refractivity contribution is 5.66. The minimum atomic E-state index is 0.588. The van der Waals surface area contributed by atoms with E-state index in [1.807, 2.05) is 24.3 Å². The lowest BCUT2D eigenvalue weighted by molar-refractivity contribution is 0.415. The molecule has 0 bridgehead atoms. The van der Waals surface area contributed by atoms with Gasteiger partial charge in [-0.05, 0) is 18.6 Å². The second kappa shape index (κ2) is 3.87. The zero-order chi connectivity index (χ0) is 9.80. The molecule has 0 aliphatic heterocycles. The van der Waals surface area contributed by atoms with Crippen molar-refractivity contribution in [2.45, 2.75) is 6.92 Å². The standard InChI is InChI=1S/C11H10N2O/c1-9-2-4-10(5-3-9)6-7-11-12-8-14-13-11/h2-8H,1H3/b7-6+. The van der Waals surface area contributed by atoms with Crippen LogP contribution in [0.15, 0.2) is 35.2 Å². The van der Waals surface area contributed by atoms with Crippen molar-refractivity contribution in [1.29, 1.82) is 0 Å². The van der Waals surface area contributed by atoms with Crippen molar-refractivity contribution in [3.8, 4) is 0 Å². The lowest BCUT2D eigenvalue weighted by Gasteiger charge is -1.93. The van der Waals surface area contributed by atoms with Gasteiger partial charge in [0, 0.05) is 0 Å². The molecule has 0 spiro atoms.